The summed E-state index contributed by atoms with van der Waals surface area (Å²) in [5.74, 6) is 0.770. The Morgan fingerprint density at radius 2 is 1.57 bits per heavy atom. The van der Waals surface area contributed by atoms with Gasteiger partial charge in [0.15, 0.2) is 0 Å². The van der Waals surface area contributed by atoms with Gasteiger partial charge in [-0.15, -0.1) is 0 Å². The van der Waals surface area contributed by atoms with Crippen molar-refractivity contribution in [1.82, 2.24) is 4.31 Å². The Morgan fingerprint density at radius 3 is 2.21 bits per heavy atom. The molecule has 1 N–H and O–H groups in total. The van der Waals surface area contributed by atoms with Crippen LogP contribution in [-0.4, -0.2) is 52.1 Å². The van der Waals surface area contributed by atoms with E-state index >= 15 is 0 Å². The fraction of sp³-hybridized carbons (Fsp3) is 0.368. The molecule has 3 rings (SSSR count). The van der Waals surface area contributed by atoms with Crippen LogP contribution >= 0.6 is 0 Å². The van der Waals surface area contributed by atoms with Crippen molar-refractivity contribution >= 4 is 10.0 Å². The third kappa shape index (κ3) is 4.84. The van der Waals surface area contributed by atoms with Crippen LogP contribution < -0.4 is 9.64 Å². The van der Waals surface area contributed by atoms with E-state index in [0.717, 1.165) is 27.1 Å². The van der Waals surface area contributed by atoms with E-state index in [1.807, 2.05) is 30.3 Å². The van der Waals surface area contributed by atoms with Crippen molar-refractivity contribution in [2.75, 3.05) is 39.3 Å². The number of piperazine rings is 1. The van der Waals surface area contributed by atoms with Crippen LogP contribution in [0.3, 0.4) is 0 Å². The van der Waals surface area contributed by atoms with Crippen LogP contribution in [0, 0.1) is 0 Å². The van der Waals surface area contributed by atoms with Gasteiger partial charge < -0.3 is 9.64 Å². The summed E-state index contributed by atoms with van der Waals surface area (Å²) in [6.07, 6.45) is -4.72. The standard InChI is InChI=1S/C19H21F3N2O3S/c20-19(21,22)17-8-4-5-9-18(17)28(25,26)24-12-10-23(11-13-24)14-15-27-16-6-2-1-3-7-16/h1-9H,10-15H2/p+1. The average Bonchev–Trinajstić information content (AvgIpc) is 2.69. The van der Waals surface area contributed by atoms with Crippen molar-refractivity contribution in [1.29, 1.82) is 0 Å². The van der Waals surface area contributed by atoms with Gasteiger partial charge in [-0.2, -0.15) is 17.5 Å². The molecular weight excluding hydrogens is 393 g/mol. The second kappa shape index (κ2) is 8.50. The number of sulfonamides is 1. The number of nitrogens with one attached hydrogen (secondary N) is 1. The van der Waals surface area contributed by atoms with Crippen LogP contribution in [-0.2, 0) is 16.2 Å². The highest BCUT2D eigenvalue weighted by atomic mass is 32.2. The maximum Gasteiger partial charge on any atom is 0.417 e. The van der Waals surface area contributed by atoms with Crippen molar-refractivity contribution in [3.05, 3.63) is 60.2 Å². The van der Waals surface area contributed by atoms with E-state index in [-0.39, 0.29) is 13.1 Å². The zero-order chi connectivity index (χ0) is 20.2. The molecule has 0 aromatic heterocycles. The van der Waals surface area contributed by atoms with Gasteiger partial charge in [0.1, 0.15) is 18.9 Å². The second-order valence-corrected chi connectivity index (χ2v) is 8.47. The lowest BCUT2D eigenvalue weighted by Crippen LogP contribution is -3.15. The van der Waals surface area contributed by atoms with Crippen molar-refractivity contribution in [3.63, 3.8) is 0 Å². The Kier molecular flexibility index (Phi) is 6.26. The quantitative estimate of drug-likeness (QED) is 0.781. The second-order valence-electron chi connectivity index (χ2n) is 6.56. The maximum absolute atomic E-state index is 13.2. The van der Waals surface area contributed by atoms with Crippen molar-refractivity contribution in [2.45, 2.75) is 11.1 Å². The van der Waals surface area contributed by atoms with Gasteiger partial charge >= 0.3 is 6.18 Å². The van der Waals surface area contributed by atoms with E-state index in [1.54, 1.807) is 0 Å². The summed E-state index contributed by atoms with van der Waals surface area (Å²) < 4.78 is 71.8. The molecule has 0 radical (unpaired) electrons. The molecule has 1 heterocycles. The molecule has 28 heavy (non-hydrogen) atoms. The Morgan fingerprint density at radius 1 is 0.964 bits per heavy atom. The third-order valence-electron chi connectivity index (χ3n) is 4.71. The highest BCUT2D eigenvalue weighted by Gasteiger charge is 2.39. The summed E-state index contributed by atoms with van der Waals surface area (Å²) in [5, 5.41) is 0. The van der Waals surface area contributed by atoms with Crippen LogP contribution in [0.15, 0.2) is 59.5 Å². The molecule has 0 spiro atoms. The number of rotatable bonds is 6. The summed E-state index contributed by atoms with van der Waals surface area (Å²) >= 11 is 0. The lowest BCUT2D eigenvalue weighted by Gasteiger charge is -2.32. The summed E-state index contributed by atoms with van der Waals surface area (Å²) in [6, 6.07) is 13.7. The fourth-order valence-electron chi connectivity index (χ4n) is 3.19. The molecule has 1 aliphatic heterocycles. The Bertz CT molecular complexity index is 881. The molecule has 1 aliphatic rings. The van der Waals surface area contributed by atoms with Gasteiger partial charge in [-0.25, -0.2) is 8.42 Å². The van der Waals surface area contributed by atoms with Crippen molar-refractivity contribution in [3.8, 4) is 5.75 Å². The number of benzene rings is 2. The van der Waals surface area contributed by atoms with Gasteiger partial charge in [-0.3, -0.25) is 0 Å². The lowest BCUT2D eigenvalue weighted by atomic mass is 10.2. The van der Waals surface area contributed by atoms with E-state index in [2.05, 4.69) is 0 Å². The van der Waals surface area contributed by atoms with Gasteiger partial charge in [-0.05, 0) is 24.3 Å². The molecule has 0 unspecified atom stereocenters. The molecule has 2 aromatic rings. The minimum absolute atomic E-state index is 0.176. The van der Waals surface area contributed by atoms with E-state index in [4.69, 9.17) is 4.74 Å². The molecule has 0 amide bonds. The fourth-order valence-corrected chi connectivity index (χ4v) is 4.84. The van der Waals surface area contributed by atoms with Crippen LogP contribution in [0.25, 0.3) is 0 Å². The Hall–Kier alpha value is -2.10. The van der Waals surface area contributed by atoms with E-state index < -0.39 is 26.7 Å². The van der Waals surface area contributed by atoms with Gasteiger partial charge in [0, 0.05) is 0 Å². The van der Waals surface area contributed by atoms with E-state index in [9.17, 15) is 21.6 Å². The molecule has 1 fully saturated rings. The monoisotopic (exact) mass is 415 g/mol. The van der Waals surface area contributed by atoms with Crippen LogP contribution in [0.5, 0.6) is 5.75 Å². The molecule has 0 bridgehead atoms. The third-order valence-corrected chi connectivity index (χ3v) is 6.66. The number of ether oxygens (including phenoxy) is 1. The topological polar surface area (TPSA) is 51.0 Å². The first-order valence-corrected chi connectivity index (χ1v) is 10.4. The van der Waals surface area contributed by atoms with Gasteiger partial charge in [0.05, 0.1) is 36.6 Å². The van der Waals surface area contributed by atoms with Crippen LogP contribution in [0.1, 0.15) is 5.56 Å². The Balaban J connectivity index is 1.59. The van der Waals surface area contributed by atoms with Gasteiger partial charge in [-0.1, -0.05) is 30.3 Å². The number of quaternary nitrogens is 1. The lowest BCUT2D eigenvalue weighted by molar-refractivity contribution is -0.903. The summed E-state index contributed by atoms with van der Waals surface area (Å²) in [4.78, 5) is 0.477. The highest BCUT2D eigenvalue weighted by Crippen LogP contribution is 2.35. The molecule has 5 nitrogen and oxygen atoms in total. The average molecular weight is 415 g/mol. The number of alkyl halides is 3. The number of hydrogen-bond donors (Lipinski definition) is 1. The first-order valence-electron chi connectivity index (χ1n) is 8.96. The first-order chi connectivity index (χ1) is 13.3. The molecule has 1 saturated heterocycles. The zero-order valence-electron chi connectivity index (χ0n) is 15.2. The predicted molar refractivity (Wildman–Crippen MR) is 97.7 cm³/mol. The first kappa shape index (κ1) is 20.6. The Labute approximate surface area is 162 Å². The molecule has 0 saturated carbocycles. The minimum atomic E-state index is -4.72. The molecule has 0 aliphatic carbocycles. The number of para-hydroxylation sites is 1. The maximum atomic E-state index is 13.2. The summed E-state index contributed by atoms with van der Waals surface area (Å²) in [6.45, 7) is 2.58. The summed E-state index contributed by atoms with van der Waals surface area (Å²) in [7, 11) is -4.19. The largest absolute Gasteiger partial charge is 0.488 e. The number of halogens is 3. The normalized spacial score (nSPS) is 16.8. The summed E-state index contributed by atoms with van der Waals surface area (Å²) in [5.41, 5.74) is -1.12. The number of nitrogens with zero attached hydrogens (tertiary/aromatic N) is 1. The van der Waals surface area contributed by atoms with E-state index in [1.165, 1.54) is 12.1 Å². The minimum Gasteiger partial charge on any atom is -0.488 e. The molecular formula is C19H22F3N2O3S+. The SMILES string of the molecule is O=S(=O)(c1ccccc1C(F)(F)F)N1CC[NH+](CCOc2ccccc2)CC1. The smallest absolute Gasteiger partial charge is 0.417 e. The van der Waals surface area contributed by atoms with Crippen LogP contribution in [0.4, 0.5) is 13.2 Å². The zero-order valence-corrected chi connectivity index (χ0v) is 16.0. The molecule has 2 aromatic carbocycles. The number of hydrogen-bond acceptors (Lipinski definition) is 3. The van der Waals surface area contributed by atoms with E-state index in [0.29, 0.717) is 26.2 Å². The molecule has 0 atom stereocenters. The van der Waals surface area contributed by atoms with Crippen molar-refractivity contribution in [2.24, 2.45) is 0 Å². The van der Waals surface area contributed by atoms with Crippen LogP contribution in [0.2, 0.25) is 0 Å². The molecule has 152 valence electrons. The predicted octanol–water partition coefficient (Wildman–Crippen LogP) is 1.67. The van der Waals surface area contributed by atoms with Gasteiger partial charge in [0.25, 0.3) is 0 Å². The highest BCUT2D eigenvalue weighted by molar-refractivity contribution is 7.89. The van der Waals surface area contributed by atoms with Crippen molar-refractivity contribution < 1.29 is 31.2 Å². The molecule has 9 heteroatoms. The van der Waals surface area contributed by atoms with Gasteiger partial charge in [0.2, 0.25) is 10.0 Å².